The molecule has 23 heavy (non-hydrogen) atoms. The maximum atomic E-state index is 11.4. The first-order valence-corrected chi connectivity index (χ1v) is 8.42. The first-order chi connectivity index (χ1) is 11.0. The lowest BCUT2D eigenvalue weighted by molar-refractivity contribution is -0.155. The first-order valence-electron chi connectivity index (χ1n) is 8.42. The highest BCUT2D eigenvalue weighted by Gasteiger charge is 2.15. The molecule has 0 aliphatic carbocycles. The lowest BCUT2D eigenvalue weighted by Gasteiger charge is -2.07. The van der Waals surface area contributed by atoms with E-state index < -0.39 is 17.8 Å². The van der Waals surface area contributed by atoms with Crippen LogP contribution in [0.2, 0.25) is 0 Å². The van der Waals surface area contributed by atoms with Gasteiger partial charge in [0.25, 0.3) is 5.91 Å². The molecule has 2 amide bonds. The zero-order chi connectivity index (χ0) is 17.5. The molecule has 0 aliphatic rings. The highest BCUT2D eigenvalue weighted by Crippen LogP contribution is 2.09. The van der Waals surface area contributed by atoms with E-state index in [4.69, 9.17) is 4.74 Å². The highest BCUT2D eigenvalue weighted by molar-refractivity contribution is 6.32. The van der Waals surface area contributed by atoms with Crippen molar-refractivity contribution in [3.63, 3.8) is 0 Å². The molecule has 2 N–H and O–H groups in total. The van der Waals surface area contributed by atoms with Crippen LogP contribution in [0.5, 0.6) is 0 Å². The summed E-state index contributed by atoms with van der Waals surface area (Å²) in [5, 5.41) is 0. The van der Waals surface area contributed by atoms with Gasteiger partial charge in [-0.25, -0.2) is 4.79 Å². The molecule has 0 aliphatic heterocycles. The van der Waals surface area contributed by atoms with Crippen LogP contribution in [0.3, 0.4) is 0 Å². The van der Waals surface area contributed by atoms with Gasteiger partial charge in [-0.2, -0.15) is 0 Å². The van der Waals surface area contributed by atoms with Crippen molar-refractivity contribution in [2.75, 3.05) is 6.61 Å². The number of hydrogen-bond donors (Lipinski definition) is 2. The number of hydrogen-bond acceptors (Lipinski definition) is 4. The van der Waals surface area contributed by atoms with Crippen LogP contribution in [-0.4, -0.2) is 24.4 Å². The molecule has 0 unspecified atom stereocenters. The molecule has 0 saturated heterocycles. The van der Waals surface area contributed by atoms with Crippen molar-refractivity contribution in [1.82, 2.24) is 10.9 Å². The second-order valence-electron chi connectivity index (χ2n) is 5.65. The fourth-order valence-electron chi connectivity index (χ4n) is 1.91. The molecule has 0 fully saturated rings. The van der Waals surface area contributed by atoms with Crippen molar-refractivity contribution in [3.05, 3.63) is 12.2 Å². The number of ether oxygens (including phenoxy) is 1. The number of rotatable bonds is 11. The van der Waals surface area contributed by atoms with Gasteiger partial charge >= 0.3 is 11.9 Å². The van der Waals surface area contributed by atoms with E-state index in [9.17, 15) is 14.4 Å². The van der Waals surface area contributed by atoms with Crippen molar-refractivity contribution in [1.29, 1.82) is 0 Å². The molecular formula is C17H30N2O4. The van der Waals surface area contributed by atoms with E-state index in [2.05, 4.69) is 18.9 Å². The molecule has 0 radical (unpaired) electrons. The van der Waals surface area contributed by atoms with E-state index in [1.54, 1.807) is 0 Å². The fourth-order valence-corrected chi connectivity index (χ4v) is 1.91. The molecule has 0 aromatic carbocycles. The van der Waals surface area contributed by atoms with E-state index in [0.29, 0.717) is 0 Å². The minimum atomic E-state index is -0.994. The van der Waals surface area contributed by atoms with Crippen LogP contribution in [-0.2, 0) is 19.1 Å². The van der Waals surface area contributed by atoms with Crippen LogP contribution in [0.1, 0.15) is 71.6 Å². The smallest absolute Gasteiger partial charge is 0.398 e. The Balaban J connectivity index is 3.50. The van der Waals surface area contributed by atoms with E-state index in [-0.39, 0.29) is 12.2 Å². The van der Waals surface area contributed by atoms with Gasteiger partial charge in [0.05, 0.1) is 6.61 Å². The van der Waals surface area contributed by atoms with Gasteiger partial charge < -0.3 is 4.74 Å². The predicted molar refractivity (Wildman–Crippen MR) is 89.3 cm³/mol. The Bertz CT molecular complexity index is 394. The Morgan fingerprint density at radius 1 is 0.826 bits per heavy atom. The molecular weight excluding hydrogens is 296 g/mol. The molecule has 0 aromatic rings. The van der Waals surface area contributed by atoms with Gasteiger partial charge in [-0.15, -0.1) is 0 Å². The molecule has 0 rings (SSSR count). The molecule has 6 heteroatoms. The average molecular weight is 326 g/mol. The average Bonchev–Trinajstić information content (AvgIpc) is 2.53. The number of esters is 1. The third kappa shape index (κ3) is 12.4. The minimum Gasteiger partial charge on any atom is -0.459 e. The second kappa shape index (κ2) is 13.8. The van der Waals surface area contributed by atoms with Gasteiger partial charge in [0.15, 0.2) is 0 Å². The summed E-state index contributed by atoms with van der Waals surface area (Å²) in [7, 11) is 0. The molecule has 0 atom stereocenters. The van der Waals surface area contributed by atoms with Gasteiger partial charge in [-0.05, 0) is 13.3 Å². The lowest BCUT2D eigenvalue weighted by atomic mass is 10.1. The number of amides is 2. The van der Waals surface area contributed by atoms with E-state index in [0.717, 1.165) is 19.3 Å². The number of unbranched alkanes of at least 4 members (excludes halogenated alkanes) is 8. The number of carbonyl (C=O) groups is 3. The van der Waals surface area contributed by atoms with Crippen LogP contribution < -0.4 is 10.9 Å². The predicted octanol–water partition coefficient (Wildman–Crippen LogP) is 2.78. The van der Waals surface area contributed by atoms with Gasteiger partial charge in [-0.3, -0.25) is 20.4 Å². The Kier molecular flexibility index (Phi) is 12.7. The lowest BCUT2D eigenvalue weighted by Crippen LogP contribution is -2.45. The normalized spacial score (nSPS) is 10.0. The molecule has 132 valence electrons. The maximum absolute atomic E-state index is 11.4. The summed E-state index contributed by atoms with van der Waals surface area (Å²) in [5.74, 6) is -2.54. The van der Waals surface area contributed by atoms with Crippen molar-refractivity contribution in [2.45, 2.75) is 71.6 Å². The van der Waals surface area contributed by atoms with Gasteiger partial charge in [0.2, 0.25) is 0 Å². The summed E-state index contributed by atoms with van der Waals surface area (Å²) in [6.07, 6.45) is 10.5. The van der Waals surface area contributed by atoms with Crippen molar-refractivity contribution in [3.8, 4) is 0 Å². The summed E-state index contributed by atoms with van der Waals surface area (Å²) in [6.45, 7) is 7.32. The molecule has 6 nitrogen and oxygen atoms in total. The van der Waals surface area contributed by atoms with E-state index in [1.165, 1.54) is 45.4 Å². The maximum Gasteiger partial charge on any atom is 0.398 e. The number of nitrogens with one attached hydrogen (secondary N) is 2. The third-order valence-electron chi connectivity index (χ3n) is 3.34. The van der Waals surface area contributed by atoms with Crippen LogP contribution in [0.4, 0.5) is 0 Å². The Morgan fingerprint density at radius 2 is 1.30 bits per heavy atom. The molecule has 0 bridgehead atoms. The van der Waals surface area contributed by atoms with Crippen LogP contribution in [0.15, 0.2) is 12.2 Å². The van der Waals surface area contributed by atoms with Crippen molar-refractivity contribution < 1.29 is 19.1 Å². The van der Waals surface area contributed by atoms with Crippen molar-refractivity contribution in [2.24, 2.45) is 0 Å². The van der Waals surface area contributed by atoms with Crippen molar-refractivity contribution >= 4 is 17.8 Å². The van der Waals surface area contributed by atoms with Crippen LogP contribution >= 0.6 is 0 Å². The van der Waals surface area contributed by atoms with Crippen LogP contribution in [0.25, 0.3) is 0 Å². The minimum absolute atomic E-state index is 0.219. The summed E-state index contributed by atoms with van der Waals surface area (Å²) in [6, 6.07) is 0. The molecule has 0 aromatic heterocycles. The quantitative estimate of drug-likeness (QED) is 0.201. The zero-order valence-corrected chi connectivity index (χ0v) is 14.4. The molecule has 0 saturated carbocycles. The SMILES string of the molecule is C=C(C)C(=O)NNC(=O)C(=O)OCCCCCCCCCCC. The first kappa shape index (κ1) is 21.1. The number of carbonyl (C=O) groups excluding carboxylic acids is 3. The fraction of sp³-hybridized carbons (Fsp3) is 0.706. The van der Waals surface area contributed by atoms with Crippen LogP contribution in [0, 0.1) is 0 Å². The monoisotopic (exact) mass is 326 g/mol. The van der Waals surface area contributed by atoms with E-state index in [1.807, 2.05) is 5.43 Å². The Hall–Kier alpha value is -1.85. The molecule has 0 spiro atoms. The Morgan fingerprint density at radius 3 is 1.83 bits per heavy atom. The standard InChI is InChI=1S/C17H30N2O4/c1-4-5-6-7-8-9-10-11-12-13-23-17(22)16(21)19-18-15(20)14(2)3/h2,4-13H2,1,3H3,(H,18,20)(H,19,21). The van der Waals surface area contributed by atoms with Gasteiger partial charge in [0, 0.05) is 5.57 Å². The highest BCUT2D eigenvalue weighted by atomic mass is 16.5. The summed E-state index contributed by atoms with van der Waals surface area (Å²) in [4.78, 5) is 33.8. The zero-order valence-electron chi connectivity index (χ0n) is 14.4. The van der Waals surface area contributed by atoms with E-state index >= 15 is 0 Å². The number of hydrazine groups is 1. The summed E-state index contributed by atoms with van der Waals surface area (Å²) < 4.78 is 4.83. The largest absolute Gasteiger partial charge is 0.459 e. The summed E-state index contributed by atoms with van der Waals surface area (Å²) in [5.41, 5.74) is 4.27. The third-order valence-corrected chi connectivity index (χ3v) is 3.34. The molecule has 0 heterocycles. The van der Waals surface area contributed by atoms with Gasteiger partial charge in [-0.1, -0.05) is 64.9 Å². The second-order valence-corrected chi connectivity index (χ2v) is 5.65. The van der Waals surface area contributed by atoms with Gasteiger partial charge in [0.1, 0.15) is 0 Å². The Labute approximate surface area is 139 Å². The summed E-state index contributed by atoms with van der Waals surface area (Å²) >= 11 is 0. The topological polar surface area (TPSA) is 84.5 Å².